The number of alkyl halides is 3. The molecule has 0 amide bonds. The average Bonchev–Trinajstić information content (AvgIpc) is 2.58. The van der Waals surface area contributed by atoms with Crippen LogP contribution in [-0.4, -0.2) is 24.1 Å². The summed E-state index contributed by atoms with van der Waals surface area (Å²) in [6, 6.07) is 2.36. The second-order valence-electron chi connectivity index (χ2n) is 6.19. The van der Waals surface area contributed by atoms with E-state index >= 15 is 0 Å². The summed E-state index contributed by atoms with van der Waals surface area (Å²) in [5.74, 6) is -3.82. The van der Waals surface area contributed by atoms with Gasteiger partial charge in [-0.1, -0.05) is 0 Å². The molecule has 9 heteroatoms. The predicted molar refractivity (Wildman–Crippen MR) is 83.1 cm³/mol. The topological polar surface area (TPSA) is 42.1 Å². The molecule has 26 heavy (non-hydrogen) atoms. The molecule has 0 saturated carbocycles. The van der Waals surface area contributed by atoms with Gasteiger partial charge in [0.25, 0.3) is 0 Å². The van der Waals surface area contributed by atoms with E-state index in [1.165, 1.54) is 0 Å². The highest BCUT2D eigenvalue weighted by atomic mass is 19.4. The van der Waals surface area contributed by atoms with E-state index in [1.807, 2.05) is 0 Å². The Balaban J connectivity index is 1.80. The summed E-state index contributed by atoms with van der Waals surface area (Å²) in [4.78, 5) is 5.50. The van der Waals surface area contributed by atoms with Crippen LogP contribution in [0.3, 0.4) is 0 Å². The third kappa shape index (κ3) is 3.62. The number of anilines is 1. The van der Waals surface area contributed by atoms with Gasteiger partial charge < -0.3 is 10.6 Å². The van der Waals surface area contributed by atoms with Gasteiger partial charge in [0.2, 0.25) is 0 Å². The quantitative estimate of drug-likeness (QED) is 0.641. The van der Waals surface area contributed by atoms with Gasteiger partial charge in [-0.25, -0.2) is 18.2 Å². The van der Waals surface area contributed by atoms with E-state index in [2.05, 4.69) is 4.98 Å². The van der Waals surface area contributed by atoms with Crippen molar-refractivity contribution in [3.63, 3.8) is 0 Å². The Morgan fingerprint density at radius 2 is 1.73 bits per heavy atom. The Bertz CT molecular complexity index is 808. The average molecular weight is 375 g/mol. The fourth-order valence-corrected chi connectivity index (χ4v) is 3.17. The molecule has 3 nitrogen and oxygen atoms in total. The monoisotopic (exact) mass is 375 g/mol. The molecular formula is C17H15F6N3. The van der Waals surface area contributed by atoms with Crippen LogP contribution < -0.4 is 10.6 Å². The summed E-state index contributed by atoms with van der Waals surface area (Å²) in [7, 11) is 0. The van der Waals surface area contributed by atoms with E-state index in [0.717, 1.165) is 24.4 Å². The van der Waals surface area contributed by atoms with Crippen LogP contribution in [0, 0.1) is 17.5 Å². The summed E-state index contributed by atoms with van der Waals surface area (Å²) in [6.45, 7) is 0.364. The van der Waals surface area contributed by atoms with Crippen LogP contribution in [-0.2, 0) is 6.18 Å². The molecule has 1 aromatic carbocycles. The second kappa shape index (κ2) is 6.79. The fraction of sp³-hybridized carbons (Fsp3) is 0.353. The normalized spacial score (nSPS) is 21.1. The molecule has 0 aliphatic carbocycles. The van der Waals surface area contributed by atoms with Gasteiger partial charge in [0.1, 0.15) is 11.6 Å². The number of hydrogen-bond acceptors (Lipinski definition) is 3. The number of halogens is 6. The molecule has 2 aromatic rings. The van der Waals surface area contributed by atoms with Gasteiger partial charge in [-0.2, -0.15) is 13.2 Å². The van der Waals surface area contributed by atoms with Crippen molar-refractivity contribution >= 4 is 5.82 Å². The summed E-state index contributed by atoms with van der Waals surface area (Å²) in [5.41, 5.74) is 5.18. The van der Waals surface area contributed by atoms with Crippen LogP contribution >= 0.6 is 0 Å². The lowest BCUT2D eigenvalue weighted by Gasteiger charge is -2.37. The molecule has 0 unspecified atom stereocenters. The van der Waals surface area contributed by atoms with Gasteiger partial charge in [-0.05, 0) is 30.2 Å². The molecule has 2 N–H and O–H groups in total. The number of nitrogens with zero attached hydrogens (tertiary/aromatic N) is 2. The first kappa shape index (κ1) is 18.5. The largest absolute Gasteiger partial charge is 0.416 e. The van der Waals surface area contributed by atoms with Gasteiger partial charge in [0.15, 0.2) is 11.6 Å². The van der Waals surface area contributed by atoms with Crippen molar-refractivity contribution in [1.29, 1.82) is 0 Å². The Morgan fingerprint density at radius 1 is 1.04 bits per heavy atom. The van der Waals surface area contributed by atoms with Crippen molar-refractivity contribution in [2.45, 2.75) is 24.6 Å². The first-order valence-electron chi connectivity index (χ1n) is 7.85. The van der Waals surface area contributed by atoms with Crippen LogP contribution in [0.4, 0.5) is 32.2 Å². The van der Waals surface area contributed by atoms with Crippen LogP contribution in [0.2, 0.25) is 0 Å². The molecule has 2 heterocycles. The maximum atomic E-state index is 14.0. The highest BCUT2D eigenvalue weighted by Gasteiger charge is 2.34. The van der Waals surface area contributed by atoms with E-state index < -0.39 is 41.2 Å². The maximum absolute atomic E-state index is 14.0. The molecule has 0 spiro atoms. The number of piperidine rings is 1. The van der Waals surface area contributed by atoms with Crippen molar-refractivity contribution in [2.24, 2.45) is 5.73 Å². The Hall–Kier alpha value is -2.29. The second-order valence-corrected chi connectivity index (χ2v) is 6.19. The third-order valence-corrected chi connectivity index (χ3v) is 4.49. The molecule has 1 aliphatic rings. The van der Waals surface area contributed by atoms with Gasteiger partial charge in [-0.3, -0.25) is 0 Å². The van der Waals surface area contributed by atoms with Gasteiger partial charge in [0.05, 0.1) is 5.56 Å². The summed E-state index contributed by atoms with van der Waals surface area (Å²) < 4.78 is 79.0. The minimum atomic E-state index is -4.49. The number of nitrogens with two attached hydrogens (primary N) is 1. The number of rotatable bonds is 2. The zero-order valence-electron chi connectivity index (χ0n) is 13.4. The van der Waals surface area contributed by atoms with E-state index in [9.17, 15) is 26.3 Å². The van der Waals surface area contributed by atoms with Crippen molar-refractivity contribution in [2.75, 3.05) is 18.0 Å². The molecule has 1 saturated heterocycles. The number of hydrogen-bond donors (Lipinski definition) is 1. The Labute approximate surface area is 145 Å². The molecule has 1 fully saturated rings. The van der Waals surface area contributed by atoms with Gasteiger partial charge >= 0.3 is 6.18 Å². The lowest BCUT2D eigenvalue weighted by Crippen LogP contribution is -2.48. The summed E-state index contributed by atoms with van der Waals surface area (Å²) >= 11 is 0. The molecule has 0 radical (unpaired) electrons. The summed E-state index contributed by atoms with van der Waals surface area (Å²) in [6.07, 6.45) is -3.17. The zero-order valence-corrected chi connectivity index (χ0v) is 13.4. The standard InChI is InChI=1S/C17H15F6N3/c18-12-7-14(20)13(19)6-11(12)10-2-4-26(8-15(10)24)16-5-9(1-3-25-16)17(21,22)23/h1,3,5-7,10,15H,2,4,8,24H2/t10-,15+/m1/s1. The SMILES string of the molecule is N[C@H]1CN(c2cc(C(F)(F)F)ccn2)CC[C@@H]1c1cc(F)c(F)cc1F. The summed E-state index contributed by atoms with van der Waals surface area (Å²) in [5, 5.41) is 0. The Kier molecular flexibility index (Phi) is 4.83. The van der Waals surface area contributed by atoms with Crippen molar-refractivity contribution in [3.05, 3.63) is 59.0 Å². The highest BCUT2D eigenvalue weighted by molar-refractivity contribution is 5.43. The fourth-order valence-electron chi connectivity index (χ4n) is 3.17. The van der Waals surface area contributed by atoms with Crippen molar-refractivity contribution in [1.82, 2.24) is 4.98 Å². The first-order valence-corrected chi connectivity index (χ1v) is 7.85. The first-order chi connectivity index (χ1) is 12.2. The minimum Gasteiger partial charge on any atom is -0.355 e. The van der Waals surface area contributed by atoms with Crippen LogP contribution in [0.5, 0.6) is 0 Å². The number of aromatic nitrogens is 1. The molecular weight excluding hydrogens is 360 g/mol. The van der Waals surface area contributed by atoms with Crippen LogP contribution in [0.25, 0.3) is 0 Å². The van der Waals surface area contributed by atoms with E-state index in [0.29, 0.717) is 6.07 Å². The maximum Gasteiger partial charge on any atom is 0.416 e. The van der Waals surface area contributed by atoms with Crippen LogP contribution in [0.15, 0.2) is 30.5 Å². The van der Waals surface area contributed by atoms with Crippen molar-refractivity contribution < 1.29 is 26.3 Å². The molecule has 2 atom stereocenters. The lowest BCUT2D eigenvalue weighted by molar-refractivity contribution is -0.137. The highest BCUT2D eigenvalue weighted by Crippen LogP contribution is 2.34. The predicted octanol–water partition coefficient (Wildman–Crippen LogP) is 3.84. The van der Waals surface area contributed by atoms with Crippen molar-refractivity contribution in [3.8, 4) is 0 Å². The molecule has 140 valence electrons. The minimum absolute atomic E-state index is 0.0342. The van der Waals surface area contributed by atoms with Gasteiger partial charge in [-0.15, -0.1) is 0 Å². The lowest BCUT2D eigenvalue weighted by atomic mass is 9.85. The van der Waals surface area contributed by atoms with Crippen LogP contribution in [0.1, 0.15) is 23.5 Å². The van der Waals surface area contributed by atoms with E-state index in [4.69, 9.17) is 5.73 Å². The van der Waals surface area contributed by atoms with E-state index in [1.54, 1.807) is 4.90 Å². The molecule has 0 bridgehead atoms. The Morgan fingerprint density at radius 3 is 2.38 bits per heavy atom. The molecule has 1 aromatic heterocycles. The number of pyridine rings is 1. The van der Waals surface area contributed by atoms with Gasteiger partial charge in [0, 0.05) is 37.3 Å². The zero-order chi connectivity index (χ0) is 19.1. The number of benzene rings is 1. The molecule has 3 rings (SSSR count). The van der Waals surface area contributed by atoms with E-state index in [-0.39, 0.29) is 30.9 Å². The third-order valence-electron chi connectivity index (χ3n) is 4.49. The molecule has 1 aliphatic heterocycles. The smallest absolute Gasteiger partial charge is 0.355 e.